The number of benzene rings is 1. The van der Waals surface area contributed by atoms with Crippen LogP contribution in [0.4, 0.5) is 5.69 Å². The number of carbonyl (C=O) groups excluding carboxylic acids is 2. The molecule has 1 aromatic rings. The third kappa shape index (κ3) is 2.14. The molecular formula is C20H22N2O3. The molecule has 1 heterocycles. The fourth-order valence-corrected chi connectivity index (χ4v) is 5.18. The number of hydrogen-bond acceptors (Lipinski definition) is 4. The molecule has 0 aromatic heterocycles. The number of carbonyl (C=O) groups is 2. The summed E-state index contributed by atoms with van der Waals surface area (Å²) in [7, 11) is 0. The van der Waals surface area contributed by atoms with Crippen molar-refractivity contribution in [1.82, 2.24) is 4.90 Å². The first kappa shape index (κ1) is 15.0. The van der Waals surface area contributed by atoms with Gasteiger partial charge in [0.25, 0.3) is 0 Å². The van der Waals surface area contributed by atoms with E-state index < -0.39 is 0 Å². The fourth-order valence-electron chi connectivity index (χ4n) is 5.18. The summed E-state index contributed by atoms with van der Waals surface area (Å²) in [5.41, 5.74) is 0.878. The van der Waals surface area contributed by atoms with Gasteiger partial charge >= 0.3 is 0 Å². The molecule has 5 nitrogen and oxygen atoms in total. The van der Waals surface area contributed by atoms with Crippen LogP contribution in [0.3, 0.4) is 0 Å². The highest BCUT2D eigenvalue weighted by molar-refractivity contribution is 6.06. The number of rotatable bonds is 5. The van der Waals surface area contributed by atoms with Gasteiger partial charge in [-0.25, -0.2) is 0 Å². The van der Waals surface area contributed by atoms with Crippen LogP contribution >= 0.6 is 0 Å². The van der Waals surface area contributed by atoms with Gasteiger partial charge in [-0.3, -0.25) is 14.5 Å². The summed E-state index contributed by atoms with van der Waals surface area (Å²) in [5, 5.41) is 3.21. The number of amides is 2. The zero-order valence-corrected chi connectivity index (χ0v) is 14.2. The highest BCUT2D eigenvalue weighted by Crippen LogP contribution is 2.65. The Morgan fingerprint density at radius 1 is 1.04 bits per heavy atom. The van der Waals surface area contributed by atoms with Crippen LogP contribution in [-0.4, -0.2) is 30.0 Å². The number of imide groups is 1. The van der Waals surface area contributed by atoms with Crippen LogP contribution in [0.15, 0.2) is 36.4 Å². The highest BCUT2D eigenvalue weighted by Gasteiger charge is 2.66. The first-order valence-electron chi connectivity index (χ1n) is 9.19. The number of nitrogens with zero attached hydrogens (tertiary/aromatic N) is 1. The smallest absolute Gasteiger partial charge is 0.235 e. The Balaban J connectivity index is 1.29. The fraction of sp³-hybridized carbons (Fsp3) is 0.500. The Morgan fingerprint density at radius 3 is 2.20 bits per heavy atom. The molecule has 6 atom stereocenters. The summed E-state index contributed by atoms with van der Waals surface area (Å²) in [6.45, 7) is 2.82. The van der Waals surface area contributed by atoms with E-state index in [4.69, 9.17) is 4.74 Å². The molecule has 2 bridgehead atoms. The maximum atomic E-state index is 12.9. The van der Waals surface area contributed by atoms with Crippen molar-refractivity contribution in [3.8, 4) is 5.75 Å². The summed E-state index contributed by atoms with van der Waals surface area (Å²) in [5.74, 6) is 2.46. The minimum absolute atomic E-state index is 0.0122. The van der Waals surface area contributed by atoms with Gasteiger partial charge in [-0.15, -0.1) is 0 Å². The van der Waals surface area contributed by atoms with Crippen molar-refractivity contribution in [2.45, 2.75) is 13.3 Å². The van der Waals surface area contributed by atoms with Crippen molar-refractivity contribution in [3.05, 3.63) is 36.4 Å². The van der Waals surface area contributed by atoms with Crippen LogP contribution in [0.5, 0.6) is 5.75 Å². The van der Waals surface area contributed by atoms with Crippen LogP contribution in [-0.2, 0) is 9.59 Å². The molecule has 3 fully saturated rings. The van der Waals surface area contributed by atoms with E-state index in [9.17, 15) is 9.59 Å². The molecule has 1 saturated heterocycles. The number of hydrogen-bond donors (Lipinski definition) is 1. The number of likely N-dealkylation sites (tertiary alicyclic amines) is 1. The SMILES string of the molecule is CCOc1ccc(NCN2C(=O)[C@@H]3[C@H]4C=C[C@@H]([C@@H]5C[C@H]45)[C@H]3C2=O)cc1. The molecule has 1 N–H and O–H groups in total. The van der Waals surface area contributed by atoms with Crippen molar-refractivity contribution < 1.29 is 14.3 Å². The summed E-state index contributed by atoms with van der Waals surface area (Å²) in [4.78, 5) is 27.2. The van der Waals surface area contributed by atoms with Gasteiger partial charge in [-0.05, 0) is 61.3 Å². The standard InChI is InChI=1S/C20H22N2O3/c1-2-25-12-5-3-11(4-6-12)21-10-22-19(23)17-13-7-8-14(16-9-15(13)16)18(17)20(22)24/h3-8,13-18,21H,2,9-10H2,1H3/t13-,14-,15-,16+,17+,18+/m0/s1. The molecule has 0 radical (unpaired) electrons. The first-order valence-corrected chi connectivity index (χ1v) is 9.19. The Bertz CT molecular complexity index is 721. The second-order valence-corrected chi connectivity index (χ2v) is 7.55. The number of nitrogens with one attached hydrogen (secondary N) is 1. The lowest BCUT2D eigenvalue weighted by molar-refractivity contribution is -0.139. The second kappa shape index (κ2) is 5.35. The lowest BCUT2D eigenvalue weighted by Gasteiger charge is -2.37. The van der Waals surface area contributed by atoms with Crippen molar-refractivity contribution in [2.24, 2.45) is 35.5 Å². The van der Waals surface area contributed by atoms with Gasteiger partial charge in [0.05, 0.1) is 25.1 Å². The predicted molar refractivity (Wildman–Crippen MR) is 92.7 cm³/mol. The molecule has 2 saturated carbocycles. The van der Waals surface area contributed by atoms with Crippen LogP contribution < -0.4 is 10.1 Å². The van der Waals surface area contributed by atoms with E-state index >= 15 is 0 Å². The Labute approximate surface area is 147 Å². The second-order valence-electron chi connectivity index (χ2n) is 7.55. The largest absolute Gasteiger partial charge is 0.494 e. The Morgan fingerprint density at radius 2 is 1.64 bits per heavy atom. The van der Waals surface area contributed by atoms with Crippen molar-refractivity contribution in [3.63, 3.8) is 0 Å². The summed E-state index contributed by atoms with van der Waals surface area (Å²) < 4.78 is 5.43. The number of ether oxygens (including phenoxy) is 1. The topological polar surface area (TPSA) is 58.6 Å². The zero-order valence-electron chi connectivity index (χ0n) is 14.2. The lowest BCUT2D eigenvalue weighted by Crippen LogP contribution is -2.40. The lowest BCUT2D eigenvalue weighted by atomic mass is 9.63. The minimum Gasteiger partial charge on any atom is -0.494 e. The van der Waals surface area contributed by atoms with E-state index in [0.717, 1.165) is 11.4 Å². The van der Waals surface area contributed by atoms with Gasteiger partial charge in [0.1, 0.15) is 5.75 Å². The van der Waals surface area contributed by atoms with E-state index in [0.29, 0.717) is 18.4 Å². The molecular weight excluding hydrogens is 316 g/mol. The maximum Gasteiger partial charge on any atom is 0.235 e. The molecule has 25 heavy (non-hydrogen) atoms. The average Bonchev–Trinajstić information content (AvgIpc) is 3.41. The van der Waals surface area contributed by atoms with Gasteiger partial charge < -0.3 is 10.1 Å². The van der Waals surface area contributed by atoms with Gasteiger partial charge in [0.15, 0.2) is 0 Å². The van der Waals surface area contributed by atoms with Crippen LogP contribution in [0.25, 0.3) is 0 Å². The molecule has 4 aliphatic carbocycles. The van der Waals surface area contributed by atoms with E-state index in [2.05, 4.69) is 17.5 Å². The molecule has 5 aliphatic rings. The van der Waals surface area contributed by atoms with E-state index in [-0.39, 0.29) is 42.2 Å². The Hall–Kier alpha value is -2.30. The maximum absolute atomic E-state index is 12.9. The van der Waals surface area contributed by atoms with Gasteiger partial charge in [0.2, 0.25) is 11.8 Å². The Kier molecular flexibility index (Phi) is 3.21. The number of allylic oxidation sites excluding steroid dienone is 2. The summed E-state index contributed by atoms with van der Waals surface area (Å²) in [6.07, 6.45) is 5.60. The van der Waals surface area contributed by atoms with Gasteiger partial charge in [-0.1, -0.05) is 12.2 Å². The molecule has 6 rings (SSSR count). The third-order valence-corrected chi connectivity index (χ3v) is 6.36. The number of anilines is 1. The van der Waals surface area contributed by atoms with Crippen LogP contribution in [0.1, 0.15) is 13.3 Å². The molecule has 5 heteroatoms. The molecule has 0 spiro atoms. The van der Waals surface area contributed by atoms with Crippen molar-refractivity contribution in [1.29, 1.82) is 0 Å². The molecule has 1 aromatic carbocycles. The first-order chi connectivity index (χ1) is 12.2. The summed E-state index contributed by atoms with van der Waals surface area (Å²) >= 11 is 0. The molecule has 1 aliphatic heterocycles. The van der Waals surface area contributed by atoms with Crippen LogP contribution in [0, 0.1) is 35.5 Å². The minimum atomic E-state index is -0.117. The molecule has 130 valence electrons. The third-order valence-electron chi connectivity index (χ3n) is 6.36. The molecule has 2 amide bonds. The molecule has 0 unspecified atom stereocenters. The van der Waals surface area contributed by atoms with E-state index in [1.165, 1.54) is 11.3 Å². The van der Waals surface area contributed by atoms with Crippen molar-refractivity contribution in [2.75, 3.05) is 18.6 Å². The summed E-state index contributed by atoms with van der Waals surface area (Å²) in [6, 6.07) is 7.58. The van der Waals surface area contributed by atoms with Gasteiger partial charge in [0, 0.05) is 5.69 Å². The van der Waals surface area contributed by atoms with Crippen molar-refractivity contribution >= 4 is 17.5 Å². The average molecular weight is 338 g/mol. The van der Waals surface area contributed by atoms with E-state index in [1.54, 1.807) is 0 Å². The van der Waals surface area contributed by atoms with Crippen LogP contribution in [0.2, 0.25) is 0 Å². The quantitative estimate of drug-likeness (QED) is 0.662. The predicted octanol–water partition coefficient (Wildman–Crippen LogP) is 2.51. The van der Waals surface area contributed by atoms with Gasteiger partial charge in [-0.2, -0.15) is 0 Å². The normalized spacial score (nSPS) is 37.1. The van der Waals surface area contributed by atoms with E-state index in [1.807, 2.05) is 31.2 Å². The highest BCUT2D eigenvalue weighted by atomic mass is 16.5. The zero-order chi connectivity index (χ0) is 17.1. The monoisotopic (exact) mass is 338 g/mol.